The van der Waals surface area contributed by atoms with Crippen LogP contribution < -0.4 is 0 Å². The van der Waals surface area contributed by atoms with Crippen LogP contribution in [0.3, 0.4) is 0 Å². The zero-order valence-corrected chi connectivity index (χ0v) is 15.8. The average molecular weight is 361 g/mol. The second-order valence-corrected chi connectivity index (χ2v) is 7.82. The molecule has 0 atom stereocenters. The van der Waals surface area contributed by atoms with E-state index in [0.717, 1.165) is 17.1 Å². The minimum Gasteiger partial charge on any atom is -0.372 e. The molecule has 0 N–H and O–H groups in total. The van der Waals surface area contributed by atoms with Gasteiger partial charge in [0, 0.05) is 31.3 Å². The van der Waals surface area contributed by atoms with Crippen molar-refractivity contribution in [3.8, 4) is 6.07 Å². The molecule has 0 spiro atoms. The molecule has 2 heterocycles. The molecule has 1 aliphatic rings. The van der Waals surface area contributed by atoms with Crippen molar-refractivity contribution >= 4 is 5.65 Å². The zero-order chi connectivity index (χ0) is 19.1. The van der Waals surface area contributed by atoms with E-state index in [4.69, 9.17) is 9.72 Å². The number of aryl methyl sites for hydroxylation is 1. The minimum absolute atomic E-state index is 0.0467. The van der Waals surface area contributed by atoms with Crippen molar-refractivity contribution in [1.29, 1.82) is 5.26 Å². The lowest BCUT2D eigenvalue weighted by Gasteiger charge is -2.29. The molecule has 1 aliphatic carbocycles. The molecule has 0 bridgehead atoms. The van der Waals surface area contributed by atoms with Crippen LogP contribution in [0.4, 0.5) is 8.78 Å². The van der Waals surface area contributed by atoms with Gasteiger partial charge >= 0.3 is 0 Å². The third kappa shape index (κ3) is 3.45. The van der Waals surface area contributed by atoms with Gasteiger partial charge in [0.2, 0.25) is 5.92 Å². The first-order chi connectivity index (χ1) is 12.2. The van der Waals surface area contributed by atoms with Gasteiger partial charge in [-0.2, -0.15) is 5.26 Å². The van der Waals surface area contributed by atoms with Gasteiger partial charge in [-0.25, -0.2) is 13.8 Å². The van der Waals surface area contributed by atoms with Crippen LogP contribution in [-0.2, 0) is 16.8 Å². The first-order valence-corrected chi connectivity index (χ1v) is 9.02. The third-order valence-corrected chi connectivity index (χ3v) is 5.53. The van der Waals surface area contributed by atoms with Crippen molar-refractivity contribution < 1.29 is 13.5 Å². The molecule has 0 amide bonds. The van der Waals surface area contributed by atoms with E-state index in [1.165, 1.54) is 0 Å². The number of imidazole rings is 1. The van der Waals surface area contributed by atoms with E-state index in [0.29, 0.717) is 30.5 Å². The molecule has 6 heteroatoms. The van der Waals surface area contributed by atoms with E-state index in [2.05, 4.69) is 6.07 Å². The summed E-state index contributed by atoms with van der Waals surface area (Å²) in [6, 6.07) is 5.76. The Morgan fingerprint density at radius 3 is 2.58 bits per heavy atom. The average Bonchev–Trinajstić information content (AvgIpc) is 2.96. The molecule has 2 aromatic rings. The van der Waals surface area contributed by atoms with Crippen molar-refractivity contribution in [2.24, 2.45) is 5.92 Å². The van der Waals surface area contributed by atoms with E-state index >= 15 is 0 Å². The summed E-state index contributed by atoms with van der Waals surface area (Å²) in [4.78, 5) is 4.76. The lowest BCUT2D eigenvalue weighted by atomic mass is 9.83. The van der Waals surface area contributed by atoms with Crippen LogP contribution in [-0.4, -0.2) is 22.4 Å². The summed E-state index contributed by atoms with van der Waals surface area (Å²) in [5.74, 6) is -2.32. The highest BCUT2D eigenvalue weighted by molar-refractivity contribution is 5.52. The SMILES string of the molecule is COC(C)(C)c1nc2cc(C#N)cc(C)n2c1CC1CCC(F)(F)CC1. The van der Waals surface area contributed by atoms with Crippen LogP contribution in [0.15, 0.2) is 12.1 Å². The maximum Gasteiger partial charge on any atom is 0.248 e. The normalized spacial score (nSPS) is 18.2. The highest BCUT2D eigenvalue weighted by Crippen LogP contribution is 2.39. The van der Waals surface area contributed by atoms with Crippen LogP contribution >= 0.6 is 0 Å². The smallest absolute Gasteiger partial charge is 0.248 e. The van der Waals surface area contributed by atoms with Crippen molar-refractivity contribution in [2.75, 3.05) is 7.11 Å². The fraction of sp³-hybridized carbons (Fsp3) is 0.600. The van der Waals surface area contributed by atoms with Crippen LogP contribution in [0, 0.1) is 24.2 Å². The molecule has 26 heavy (non-hydrogen) atoms. The lowest BCUT2D eigenvalue weighted by Crippen LogP contribution is -2.27. The Morgan fingerprint density at radius 2 is 2.00 bits per heavy atom. The highest BCUT2D eigenvalue weighted by atomic mass is 19.3. The maximum absolute atomic E-state index is 13.5. The lowest BCUT2D eigenvalue weighted by molar-refractivity contribution is -0.0459. The Hall–Kier alpha value is -2.00. The fourth-order valence-corrected chi connectivity index (χ4v) is 3.84. The van der Waals surface area contributed by atoms with Crippen molar-refractivity contribution in [2.45, 2.75) is 64.4 Å². The van der Waals surface area contributed by atoms with Gasteiger partial charge in [-0.1, -0.05) is 0 Å². The number of rotatable bonds is 4. The van der Waals surface area contributed by atoms with E-state index in [9.17, 15) is 14.0 Å². The molecule has 0 saturated heterocycles. The highest BCUT2D eigenvalue weighted by Gasteiger charge is 2.36. The van der Waals surface area contributed by atoms with E-state index < -0.39 is 11.5 Å². The first kappa shape index (κ1) is 18.8. The van der Waals surface area contributed by atoms with E-state index in [1.807, 2.05) is 31.2 Å². The summed E-state index contributed by atoms with van der Waals surface area (Å²) in [5, 5.41) is 9.23. The molecule has 1 saturated carbocycles. The molecule has 140 valence electrons. The Labute approximate surface area is 152 Å². The van der Waals surface area contributed by atoms with Crippen LogP contribution in [0.1, 0.15) is 62.2 Å². The Bertz CT molecular complexity index is 854. The quantitative estimate of drug-likeness (QED) is 0.789. The molecular weight excluding hydrogens is 336 g/mol. The Morgan fingerprint density at radius 1 is 1.35 bits per heavy atom. The number of alkyl halides is 2. The van der Waals surface area contributed by atoms with Gasteiger partial charge in [-0.05, 0) is 58.1 Å². The molecule has 0 radical (unpaired) electrons. The summed E-state index contributed by atoms with van der Waals surface area (Å²) >= 11 is 0. The number of fused-ring (bicyclic) bond motifs is 1. The number of pyridine rings is 1. The van der Waals surface area contributed by atoms with Crippen molar-refractivity contribution in [3.63, 3.8) is 0 Å². The van der Waals surface area contributed by atoms with Gasteiger partial charge in [-0.15, -0.1) is 0 Å². The molecule has 0 aromatic carbocycles. The topological polar surface area (TPSA) is 50.3 Å². The largest absolute Gasteiger partial charge is 0.372 e. The summed E-state index contributed by atoms with van der Waals surface area (Å²) in [7, 11) is 1.64. The van der Waals surface area contributed by atoms with Gasteiger partial charge < -0.3 is 9.14 Å². The first-order valence-electron chi connectivity index (χ1n) is 9.02. The summed E-state index contributed by atoms with van der Waals surface area (Å²) in [6.45, 7) is 5.85. The monoisotopic (exact) mass is 361 g/mol. The number of nitrogens with zero attached hydrogens (tertiary/aromatic N) is 3. The number of hydrogen-bond donors (Lipinski definition) is 0. The van der Waals surface area contributed by atoms with Gasteiger partial charge in [0.05, 0.1) is 17.3 Å². The Kier molecular flexibility index (Phi) is 4.78. The summed E-state index contributed by atoms with van der Waals surface area (Å²) in [6.07, 6.45) is 1.63. The van der Waals surface area contributed by atoms with Gasteiger partial charge in [-0.3, -0.25) is 0 Å². The molecule has 3 rings (SSSR count). The summed E-state index contributed by atoms with van der Waals surface area (Å²) in [5.41, 5.74) is 3.41. The number of ether oxygens (including phenoxy) is 1. The molecule has 0 aliphatic heterocycles. The molecule has 2 aromatic heterocycles. The number of hydrogen-bond acceptors (Lipinski definition) is 3. The predicted molar refractivity (Wildman–Crippen MR) is 95.3 cm³/mol. The van der Waals surface area contributed by atoms with E-state index in [1.54, 1.807) is 13.2 Å². The van der Waals surface area contributed by atoms with Gasteiger partial charge in [0.25, 0.3) is 0 Å². The molecular formula is C20H25F2N3O. The molecule has 0 unspecified atom stereocenters. The minimum atomic E-state index is -2.53. The van der Waals surface area contributed by atoms with Crippen molar-refractivity contribution in [1.82, 2.24) is 9.38 Å². The molecule has 1 fully saturated rings. The second-order valence-electron chi connectivity index (χ2n) is 7.82. The van der Waals surface area contributed by atoms with E-state index in [-0.39, 0.29) is 18.8 Å². The van der Waals surface area contributed by atoms with Crippen LogP contribution in [0.25, 0.3) is 5.65 Å². The van der Waals surface area contributed by atoms with Gasteiger partial charge in [0.15, 0.2) is 0 Å². The van der Waals surface area contributed by atoms with Crippen LogP contribution in [0.5, 0.6) is 0 Å². The van der Waals surface area contributed by atoms with Gasteiger partial charge in [0.1, 0.15) is 11.2 Å². The Balaban J connectivity index is 2.07. The predicted octanol–water partition coefficient (Wildman–Crippen LogP) is 4.76. The number of halogens is 2. The second kappa shape index (κ2) is 6.62. The zero-order valence-electron chi connectivity index (χ0n) is 15.8. The standard InChI is InChI=1S/C20H25F2N3O/c1-13-9-15(12-23)11-17-24-18(19(2,3)26-4)16(25(13)17)10-14-5-7-20(21,22)8-6-14/h9,11,14H,5-8,10H2,1-4H3. The number of nitriles is 1. The number of methoxy groups -OCH3 is 1. The summed E-state index contributed by atoms with van der Waals surface area (Å²) < 4.78 is 34.7. The van der Waals surface area contributed by atoms with Crippen molar-refractivity contribution in [3.05, 3.63) is 34.8 Å². The maximum atomic E-state index is 13.5. The molecule has 4 nitrogen and oxygen atoms in total. The third-order valence-electron chi connectivity index (χ3n) is 5.53. The van der Waals surface area contributed by atoms with Crippen LogP contribution in [0.2, 0.25) is 0 Å². The number of aromatic nitrogens is 2. The fourth-order valence-electron chi connectivity index (χ4n) is 3.84.